The smallest absolute Gasteiger partial charge is 0.339 e. The fourth-order valence-corrected chi connectivity index (χ4v) is 4.67. The van der Waals surface area contributed by atoms with Crippen LogP contribution in [-0.4, -0.2) is 35.8 Å². The number of rotatable bonds is 2. The van der Waals surface area contributed by atoms with E-state index in [4.69, 9.17) is 15.2 Å². The van der Waals surface area contributed by atoms with Gasteiger partial charge in [0.05, 0.1) is 22.2 Å². The standard InChI is InChI=1S/C15H18BrNO3S/c16-13-11(2-1-3-12(13)17)14(18)20-10-4-6-19-15(8-10)5-7-21-9-15/h1-3,10H,4-9,17H2. The van der Waals surface area contributed by atoms with Crippen molar-refractivity contribution in [1.82, 2.24) is 0 Å². The van der Waals surface area contributed by atoms with Gasteiger partial charge in [-0.05, 0) is 40.2 Å². The van der Waals surface area contributed by atoms with Crippen molar-refractivity contribution in [3.05, 3.63) is 28.2 Å². The molecule has 0 saturated carbocycles. The van der Waals surface area contributed by atoms with Crippen molar-refractivity contribution < 1.29 is 14.3 Å². The second-order valence-corrected chi connectivity index (χ2v) is 7.46. The molecule has 1 aromatic rings. The van der Waals surface area contributed by atoms with Crippen LogP contribution in [0.2, 0.25) is 0 Å². The summed E-state index contributed by atoms with van der Waals surface area (Å²) < 4.78 is 12.2. The van der Waals surface area contributed by atoms with Crippen molar-refractivity contribution in [2.24, 2.45) is 0 Å². The zero-order valence-electron chi connectivity index (χ0n) is 11.6. The van der Waals surface area contributed by atoms with Gasteiger partial charge in [-0.1, -0.05) is 6.07 Å². The molecular weight excluding hydrogens is 354 g/mol. The molecule has 0 radical (unpaired) electrons. The molecule has 1 aromatic carbocycles. The first kappa shape index (κ1) is 15.2. The van der Waals surface area contributed by atoms with E-state index >= 15 is 0 Å². The number of hydrogen-bond donors (Lipinski definition) is 1. The van der Waals surface area contributed by atoms with Crippen molar-refractivity contribution in [2.75, 3.05) is 23.8 Å². The normalized spacial score (nSPS) is 28.7. The Bertz CT molecular complexity index is 546. The SMILES string of the molecule is Nc1cccc(C(=O)OC2CCOC3(CCSC3)C2)c1Br. The number of halogens is 1. The van der Waals surface area contributed by atoms with Crippen molar-refractivity contribution in [1.29, 1.82) is 0 Å². The first-order valence-electron chi connectivity index (χ1n) is 7.06. The van der Waals surface area contributed by atoms with Crippen molar-refractivity contribution in [3.63, 3.8) is 0 Å². The molecule has 4 nitrogen and oxygen atoms in total. The van der Waals surface area contributed by atoms with E-state index in [0.717, 1.165) is 30.8 Å². The Morgan fingerprint density at radius 1 is 1.52 bits per heavy atom. The fourth-order valence-electron chi connectivity index (χ4n) is 2.87. The maximum atomic E-state index is 12.3. The van der Waals surface area contributed by atoms with E-state index in [9.17, 15) is 4.79 Å². The number of carbonyl (C=O) groups excluding carboxylic acids is 1. The lowest BCUT2D eigenvalue weighted by molar-refractivity contribution is -0.106. The number of ether oxygens (including phenoxy) is 2. The van der Waals surface area contributed by atoms with E-state index in [1.54, 1.807) is 18.2 Å². The van der Waals surface area contributed by atoms with Gasteiger partial charge in [-0.3, -0.25) is 0 Å². The molecule has 2 unspecified atom stereocenters. The van der Waals surface area contributed by atoms with E-state index in [0.29, 0.717) is 22.3 Å². The van der Waals surface area contributed by atoms with Crippen LogP contribution < -0.4 is 5.73 Å². The molecule has 0 aromatic heterocycles. The van der Waals surface area contributed by atoms with Gasteiger partial charge < -0.3 is 15.2 Å². The highest BCUT2D eigenvalue weighted by molar-refractivity contribution is 9.10. The maximum absolute atomic E-state index is 12.3. The van der Waals surface area contributed by atoms with Crippen LogP contribution >= 0.6 is 27.7 Å². The van der Waals surface area contributed by atoms with Gasteiger partial charge in [-0.25, -0.2) is 4.79 Å². The number of nitrogens with two attached hydrogens (primary N) is 1. The summed E-state index contributed by atoms with van der Waals surface area (Å²) in [5.74, 6) is 1.81. The number of nitrogen functional groups attached to an aromatic ring is 1. The molecule has 2 saturated heterocycles. The van der Waals surface area contributed by atoms with E-state index in [1.807, 2.05) is 11.8 Å². The highest BCUT2D eigenvalue weighted by Gasteiger charge is 2.41. The number of hydrogen-bond acceptors (Lipinski definition) is 5. The fraction of sp³-hybridized carbons (Fsp3) is 0.533. The topological polar surface area (TPSA) is 61.6 Å². The Morgan fingerprint density at radius 2 is 2.38 bits per heavy atom. The Hall–Kier alpha value is -0.720. The number of benzene rings is 1. The third-order valence-electron chi connectivity index (χ3n) is 4.04. The van der Waals surface area contributed by atoms with Gasteiger partial charge in [-0.2, -0.15) is 11.8 Å². The molecule has 6 heteroatoms. The molecule has 0 aliphatic carbocycles. The summed E-state index contributed by atoms with van der Waals surface area (Å²) >= 11 is 5.26. The second-order valence-electron chi connectivity index (χ2n) is 5.56. The minimum Gasteiger partial charge on any atom is -0.459 e. The summed E-state index contributed by atoms with van der Waals surface area (Å²) in [7, 11) is 0. The highest BCUT2D eigenvalue weighted by Crippen LogP contribution is 2.39. The largest absolute Gasteiger partial charge is 0.459 e. The van der Waals surface area contributed by atoms with Crippen molar-refractivity contribution in [3.8, 4) is 0 Å². The molecule has 3 rings (SSSR count). The quantitative estimate of drug-likeness (QED) is 0.638. The molecule has 2 heterocycles. The van der Waals surface area contributed by atoms with Crippen LogP contribution in [-0.2, 0) is 9.47 Å². The summed E-state index contributed by atoms with van der Waals surface area (Å²) in [5, 5.41) is 0. The van der Waals surface area contributed by atoms with Gasteiger partial charge >= 0.3 is 5.97 Å². The summed E-state index contributed by atoms with van der Waals surface area (Å²) in [4.78, 5) is 12.3. The van der Waals surface area contributed by atoms with Crippen LogP contribution in [0.25, 0.3) is 0 Å². The van der Waals surface area contributed by atoms with Gasteiger partial charge in [0.25, 0.3) is 0 Å². The van der Waals surface area contributed by atoms with Crippen LogP contribution in [0, 0.1) is 0 Å². The summed E-state index contributed by atoms with van der Waals surface area (Å²) in [6.07, 6.45) is 2.54. The van der Waals surface area contributed by atoms with Crippen molar-refractivity contribution >= 4 is 39.3 Å². The molecule has 2 aliphatic heterocycles. The van der Waals surface area contributed by atoms with E-state index in [-0.39, 0.29) is 17.7 Å². The molecule has 2 aliphatic rings. The highest BCUT2D eigenvalue weighted by atomic mass is 79.9. The Morgan fingerprint density at radius 3 is 3.14 bits per heavy atom. The van der Waals surface area contributed by atoms with Gasteiger partial charge in [-0.15, -0.1) is 0 Å². The molecule has 0 amide bonds. The third-order valence-corrected chi connectivity index (χ3v) is 6.15. The van der Waals surface area contributed by atoms with Crippen LogP contribution in [0.5, 0.6) is 0 Å². The van der Waals surface area contributed by atoms with E-state index < -0.39 is 0 Å². The van der Waals surface area contributed by atoms with E-state index in [2.05, 4.69) is 15.9 Å². The van der Waals surface area contributed by atoms with Crippen LogP contribution in [0.4, 0.5) is 5.69 Å². The molecule has 0 bridgehead atoms. The average molecular weight is 372 g/mol. The number of thioether (sulfide) groups is 1. The zero-order valence-corrected chi connectivity index (χ0v) is 14.0. The first-order valence-corrected chi connectivity index (χ1v) is 9.01. The molecule has 2 N–H and O–H groups in total. The Balaban J connectivity index is 1.68. The Kier molecular flexibility index (Phi) is 4.47. The number of carbonyl (C=O) groups is 1. The summed E-state index contributed by atoms with van der Waals surface area (Å²) in [6.45, 7) is 0.663. The molecule has 2 atom stereocenters. The maximum Gasteiger partial charge on any atom is 0.339 e. The van der Waals surface area contributed by atoms with Gasteiger partial charge in [0.2, 0.25) is 0 Å². The lowest BCUT2D eigenvalue weighted by Crippen LogP contribution is -2.43. The molecule has 1 spiro atoms. The average Bonchev–Trinajstić information content (AvgIpc) is 2.89. The predicted molar refractivity (Wildman–Crippen MR) is 87.6 cm³/mol. The molecule has 2 fully saturated rings. The van der Waals surface area contributed by atoms with E-state index in [1.165, 1.54) is 0 Å². The van der Waals surface area contributed by atoms with Gasteiger partial charge in [0.15, 0.2) is 0 Å². The third kappa shape index (κ3) is 3.22. The summed E-state index contributed by atoms with van der Waals surface area (Å²) in [5.41, 5.74) is 6.75. The number of esters is 1. The molecular formula is C15H18BrNO3S. The number of anilines is 1. The zero-order chi connectivity index (χ0) is 14.9. The van der Waals surface area contributed by atoms with Crippen LogP contribution in [0.3, 0.4) is 0 Å². The van der Waals surface area contributed by atoms with Crippen molar-refractivity contribution in [2.45, 2.75) is 31.0 Å². The second kappa shape index (κ2) is 6.18. The lowest BCUT2D eigenvalue weighted by atomic mass is 9.91. The molecule has 21 heavy (non-hydrogen) atoms. The Labute approximate surface area is 136 Å². The summed E-state index contributed by atoms with van der Waals surface area (Å²) in [6, 6.07) is 5.24. The van der Waals surface area contributed by atoms with Gasteiger partial charge in [0, 0.05) is 24.3 Å². The van der Waals surface area contributed by atoms with Crippen LogP contribution in [0.1, 0.15) is 29.6 Å². The lowest BCUT2D eigenvalue weighted by Gasteiger charge is -2.37. The minimum atomic E-state index is -0.318. The minimum absolute atomic E-state index is 0.0710. The predicted octanol–water partition coefficient (Wildman–Crippen LogP) is 3.24. The molecule has 114 valence electrons. The van der Waals surface area contributed by atoms with Crippen LogP contribution in [0.15, 0.2) is 22.7 Å². The van der Waals surface area contributed by atoms with Gasteiger partial charge in [0.1, 0.15) is 6.10 Å². The monoisotopic (exact) mass is 371 g/mol. The first-order chi connectivity index (χ1) is 10.1.